The molecule has 0 saturated carbocycles. The minimum atomic E-state index is -1.62. The minimum Gasteiger partial charge on any atom is -0.481 e. The second kappa shape index (κ2) is 11.0. The Kier molecular flexibility index (Phi) is 8.40. The quantitative estimate of drug-likeness (QED) is 0.483. The molecule has 1 unspecified atom stereocenters. The third kappa shape index (κ3) is 7.07. The zero-order chi connectivity index (χ0) is 21.2. The summed E-state index contributed by atoms with van der Waals surface area (Å²) in [6.07, 6.45) is 0.199. The van der Waals surface area contributed by atoms with E-state index in [1.54, 1.807) is 36.4 Å². The van der Waals surface area contributed by atoms with E-state index >= 15 is 0 Å². The summed E-state index contributed by atoms with van der Waals surface area (Å²) in [7, 11) is 0. The number of benzene rings is 2. The summed E-state index contributed by atoms with van der Waals surface area (Å²) in [5.74, 6) is -5.81. The van der Waals surface area contributed by atoms with Gasteiger partial charge in [0.2, 0.25) is 0 Å². The van der Waals surface area contributed by atoms with Gasteiger partial charge in [-0.25, -0.2) is 0 Å². The zero-order valence-electron chi connectivity index (χ0n) is 16.6. The third-order valence-corrected chi connectivity index (χ3v) is 4.40. The van der Waals surface area contributed by atoms with Gasteiger partial charge in [0.25, 0.3) is 0 Å². The predicted octanol–water partition coefficient (Wildman–Crippen LogP) is 3.84. The van der Waals surface area contributed by atoms with Crippen LogP contribution in [0.2, 0.25) is 0 Å². The van der Waals surface area contributed by atoms with Crippen molar-refractivity contribution in [2.45, 2.75) is 33.5 Å². The van der Waals surface area contributed by atoms with E-state index < -0.39 is 29.7 Å². The van der Waals surface area contributed by atoms with Crippen molar-refractivity contribution in [3.63, 3.8) is 0 Å². The van der Waals surface area contributed by atoms with Gasteiger partial charge >= 0.3 is 17.9 Å². The molecule has 0 radical (unpaired) electrons. The van der Waals surface area contributed by atoms with Crippen molar-refractivity contribution >= 4 is 17.9 Å². The lowest BCUT2D eigenvalue weighted by atomic mass is 9.85. The topological polar surface area (TPSA) is 89.9 Å². The van der Waals surface area contributed by atoms with Crippen molar-refractivity contribution in [3.05, 3.63) is 71.8 Å². The number of aliphatic carboxylic acids is 1. The molecule has 29 heavy (non-hydrogen) atoms. The zero-order valence-corrected chi connectivity index (χ0v) is 16.6. The highest BCUT2D eigenvalue weighted by Gasteiger charge is 2.42. The number of hydrogen-bond acceptors (Lipinski definition) is 5. The van der Waals surface area contributed by atoms with E-state index in [-0.39, 0.29) is 25.6 Å². The summed E-state index contributed by atoms with van der Waals surface area (Å²) < 4.78 is 10.5. The smallest absolute Gasteiger partial charge is 0.321 e. The van der Waals surface area contributed by atoms with Crippen LogP contribution in [0.15, 0.2) is 60.7 Å². The van der Waals surface area contributed by atoms with Crippen LogP contribution in [-0.4, -0.2) is 23.0 Å². The number of hydrogen-bond donors (Lipinski definition) is 1. The summed E-state index contributed by atoms with van der Waals surface area (Å²) in [6.45, 7) is 3.66. The van der Waals surface area contributed by atoms with Gasteiger partial charge in [-0.2, -0.15) is 0 Å². The van der Waals surface area contributed by atoms with Crippen molar-refractivity contribution in [3.8, 4) is 0 Å². The van der Waals surface area contributed by atoms with Crippen molar-refractivity contribution in [1.29, 1.82) is 0 Å². The SMILES string of the molecule is CC(C)C[C@@H](C(=O)OCc1ccccc1)C(C(=O)O)C(=O)OCc1ccccc1. The van der Waals surface area contributed by atoms with Gasteiger partial charge in [-0.1, -0.05) is 74.5 Å². The first-order valence-corrected chi connectivity index (χ1v) is 9.52. The molecule has 0 fully saturated rings. The number of esters is 2. The van der Waals surface area contributed by atoms with Gasteiger partial charge in [-0.05, 0) is 23.5 Å². The maximum atomic E-state index is 12.7. The van der Waals surface area contributed by atoms with Crippen LogP contribution in [0, 0.1) is 17.8 Å². The molecular weight excluding hydrogens is 372 g/mol. The Morgan fingerprint density at radius 3 is 1.66 bits per heavy atom. The second-order valence-corrected chi connectivity index (χ2v) is 7.24. The Balaban J connectivity index is 2.10. The van der Waals surface area contributed by atoms with Gasteiger partial charge in [0, 0.05) is 0 Å². The molecule has 0 aliphatic heterocycles. The highest BCUT2D eigenvalue weighted by Crippen LogP contribution is 2.25. The Hall–Kier alpha value is -3.15. The van der Waals surface area contributed by atoms with Gasteiger partial charge < -0.3 is 14.6 Å². The Bertz CT molecular complexity index is 801. The first-order chi connectivity index (χ1) is 13.9. The van der Waals surface area contributed by atoms with Gasteiger partial charge in [0.05, 0.1) is 5.92 Å². The molecule has 2 aromatic carbocycles. The van der Waals surface area contributed by atoms with E-state index in [4.69, 9.17) is 9.47 Å². The van der Waals surface area contributed by atoms with Crippen LogP contribution in [0.4, 0.5) is 0 Å². The molecule has 0 heterocycles. The number of carbonyl (C=O) groups is 3. The molecule has 1 N–H and O–H groups in total. The fourth-order valence-electron chi connectivity index (χ4n) is 2.97. The monoisotopic (exact) mass is 398 g/mol. The van der Waals surface area contributed by atoms with Gasteiger partial charge in [-0.3, -0.25) is 14.4 Å². The van der Waals surface area contributed by atoms with Gasteiger partial charge in [0.15, 0.2) is 5.92 Å². The molecule has 0 bridgehead atoms. The van der Waals surface area contributed by atoms with E-state index in [9.17, 15) is 19.5 Å². The van der Waals surface area contributed by atoms with Crippen molar-refractivity contribution in [1.82, 2.24) is 0 Å². The Labute approximate surface area is 170 Å². The maximum Gasteiger partial charge on any atom is 0.321 e. The number of carbonyl (C=O) groups excluding carboxylic acids is 2. The van der Waals surface area contributed by atoms with Crippen LogP contribution in [-0.2, 0) is 37.1 Å². The normalized spacial score (nSPS) is 12.8. The fourth-order valence-corrected chi connectivity index (χ4v) is 2.97. The van der Waals surface area contributed by atoms with Crippen molar-refractivity contribution < 1.29 is 29.0 Å². The number of carboxylic acids is 1. The predicted molar refractivity (Wildman–Crippen MR) is 107 cm³/mol. The standard InChI is InChI=1S/C23H26O6/c1-16(2)13-19(22(26)28-14-17-9-5-3-6-10-17)20(21(24)25)23(27)29-15-18-11-7-4-8-12-18/h3-12,16,19-20H,13-15H2,1-2H3,(H,24,25)/t19-,20?/m1/s1. The van der Waals surface area contributed by atoms with Crippen LogP contribution in [0.5, 0.6) is 0 Å². The van der Waals surface area contributed by atoms with Crippen LogP contribution >= 0.6 is 0 Å². The van der Waals surface area contributed by atoms with E-state index in [2.05, 4.69) is 0 Å². The summed E-state index contributed by atoms with van der Waals surface area (Å²) in [5, 5.41) is 9.65. The molecule has 2 aromatic rings. The largest absolute Gasteiger partial charge is 0.481 e. The highest BCUT2D eigenvalue weighted by atomic mass is 16.5. The molecule has 0 spiro atoms. The van der Waals surface area contributed by atoms with Crippen LogP contribution in [0.1, 0.15) is 31.4 Å². The third-order valence-electron chi connectivity index (χ3n) is 4.40. The maximum absolute atomic E-state index is 12.7. The molecule has 0 saturated heterocycles. The molecule has 0 aliphatic rings. The molecule has 154 valence electrons. The Morgan fingerprint density at radius 2 is 1.24 bits per heavy atom. The molecule has 0 aromatic heterocycles. The molecule has 0 amide bonds. The lowest BCUT2D eigenvalue weighted by molar-refractivity contribution is -0.171. The molecule has 6 nitrogen and oxygen atoms in total. The van der Waals surface area contributed by atoms with Gasteiger partial charge in [-0.15, -0.1) is 0 Å². The molecule has 6 heteroatoms. The van der Waals surface area contributed by atoms with Crippen molar-refractivity contribution in [2.24, 2.45) is 17.8 Å². The minimum absolute atomic E-state index is 0.00644. The first-order valence-electron chi connectivity index (χ1n) is 9.52. The Morgan fingerprint density at radius 1 is 0.793 bits per heavy atom. The molecular formula is C23H26O6. The molecule has 2 rings (SSSR count). The van der Waals surface area contributed by atoms with Crippen LogP contribution in [0.3, 0.4) is 0 Å². The lowest BCUT2D eigenvalue weighted by Crippen LogP contribution is -2.38. The molecule has 0 aliphatic carbocycles. The second-order valence-electron chi connectivity index (χ2n) is 7.24. The van der Waals surface area contributed by atoms with E-state index in [0.717, 1.165) is 11.1 Å². The van der Waals surface area contributed by atoms with Crippen LogP contribution in [0.25, 0.3) is 0 Å². The van der Waals surface area contributed by atoms with Crippen molar-refractivity contribution in [2.75, 3.05) is 0 Å². The average Bonchev–Trinajstić information content (AvgIpc) is 2.71. The number of rotatable bonds is 10. The summed E-state index contributed by atoms with van der Waals surface area (Å²) in [4.78, 5) is 37.1. The van der Waals surface area contributed by atoms with Gasteiger partial charge in [0.1, 0.15) is 13.2 Å². The summed E-state index contributed by atoms with van der Waals surface area (Å²) in [5.41, 5.74) is 1.51. The average molecular weight is 398 g/mol. The van der Waals surface area contributed by atoms with Crippen LogP contribution < -0.4 is 0 Å². The number of ether oxygens (including phenoxy) is 2. The lowest BCUT2D eigenvalue weighted by Gasteiger charge is -2.23. The van der Waals surface area contributed by atoms with E-state index in [1.807, 2.05) is 38.1 Å². The number of carboxylic acid groups (broad SMARTS) is 1. The highest BCUT2D eigenvalue weighted by molar-refractivity contribution is 5.98. The summed E-state index contributed by atoms with van der Waals surface area (Å²) in [6, 6.07) is 18.0. The molecule has 2 atom stereocenters. The summed E-state index contributed by atoms with van der Waals surface area (Å²) >= 11 is 0. The first kappa shape index (κ1) is 22.1. The van der Waals surface area contributed by atoms with E-state index in [0.29, 0.717) is 0 Å². The van der Waals surface area contributed by atoms with E-state index in [1.165, 1.54) is 0 Å². The fraction of sp³-hybridized carbons (Fsp3) is 0.348.